The molecule has 0 spiro atoms. The molecule has 0 amide bonds. The smallest absolute Gasteiger partial charge is 0.0476 e. The highest BCUT2D eigenvalue weighted by Gasteiger charge is 2.23. The number of benzene rings is 1. The van der Waals surface area contributed by atoms with Crippen LogP contribution < -0.4 is 10.6 Å². The zero-order valence-corrected chi connectivity index (χ0v) is 9.76. The van der Waals surface area contributed by atoms with Crippen molar-refractivity contribution in [2.45, 2.75) is 19.4 Å². The predicted molar refractivity (Wildman–Crippen MR) is 66.5 cm³/mol. The van der Waals surface area contributed by atoms with Gasteiger partial charge in [-0.3, -0.25) is 0 Å². The maximum atomic E-state index is 9.16. The Morgan fingerprint density at radius 2 is 2.25 bits per heavy atom. The van der Waals surface area contributed by atoms with Crippen molar-refractivity contribution in [3.8, 4) is 0 Å². The maximum Gasteiger partial charge on any atom is 0.0476 e. The summed E-state index contributed by atoms with van der Waals surface area (Å²) in [6.07, 6.45) is 1.07. The van der Waals surface area contributed by atoms with Crippen LogP contribution in [0.25, 0.3) is 0 Å². The van der Waals surface area contributed by atoms with Gasteiger partial charge in [0, 0.05) is 37.3 Å². The van der Waals surface area contributed by atoms with E-state index in [-0.39, 0.29) is 12.6 Å². The van der Waals surface area contributed by atoms with Crippen LogP contribution in [0.1, 0.15) is 24.9 Å². The van der Waals surface area contributed by atoms with Crippen molar-refractivity contribution >= 4 is 5.69 Å². The monoisotopic (exact) mass is 220 g/mol. The third-order valence-corrected chi connectivity index (χ3v) is 3.31. The molecule has 0 radical (unpaired) electrons. The second-order valence-electron chi connectivity index (χ2n) is 4.63. The van der Waals surface area contributed by atoms with Crippen LogP contribution in [0.2, 0.25) is 0 Å². The normalized spacial score (nSPS) is 22.4. The topological polar surface area (TPSA) is 49.5 Å². The van der Waals surface area contributed by atoms with Crippen molar-refractivity contribution in [1.82, 2.24) is 0 Å². The first-order chi connectivity index (χ1) is 7.72. The minimum atomic E-state index is 0.0596. The molecule has 1 aliphatic heterocycles. The van der Waals surface area contributed by atoms with Crippen LogP contribution in [0.3, 0.4) is 0 Å². The lowest BCUT2D eigenvalue weighted by molar-refractivity contribution is 0.238. The number of nitrogens with zero attached hydrogens (tertiary/aromatic N) is 1. The van der Waals surface area contributed by atoms with Crippen LogP contribution in [-0.4, -0.2) is 24.8 Å². The van der Waals surface area contributed by atoms with E-state index in [4.69, 9.17) is 10.8 Å². The molecule has 1 fully saturated rings. The third kappa shape index (κ3) is 2.20. The molecule has 0 bridgehead atoms. The molecule has 1 heterocycles. The van der Waals surface area contributed by atoms with E-state index in [1.807, 2.05) is 19.1 Å². The van der Waals surface area contributed by atoms with E-state index in [2.05, 4.69) is 17.0 Å². The van der Waals surface area contributed by atoms with E-state index in [0.717, 1.165) is 19.5 Å². The number of hydrogen-bond acceptors (Lipinski definition) is 3. The molecule has 88 valence electrons. The Labute approximate surface area is 96.9 Å². The number of nitrogens with two attached hydrogens (primary N) is 1. The summed E-state index contributed by atoms with van der Waals surface area (Å²) in [5.74, 6) is 0.418. The largest absolute Gasteiger partial charge is 0.396 e. The molecule has 1 unspecified atom stereocenters. The summed E-state index contributed by atoms with van der Waals surface area (Å²) in [7, 11) is 0. The number of aliphatic hydroxyl groups excluding tert-OH is 1. The van der Waals surface area contributed by atoms with Crippen LogP contribution in [0.15, 0.2) is 24.3 Å². The van der Waals surface area contributed by atoms with Crippen molar-refractivity contribution < 1.29 is 5.11 Å². The molecule has 2 atom stereocenters. The molecule has 0 saturated carbocycles. The molecule has 1 aliphatic rings. The lowest BCUT2D eigenvalue weighted by Gasteiger charge is -2.23. The van der Waals surface area contributed by atoms with E-state index in [1.165, 1.54) is 11.3 Å². The lowest BCUT2D eigenvalue weighted by atomic mass is 10.1. The van der Waals surface area contributed by atoms with Gasteiger partial charge in [-0.1, -0.05) is 18.2 Å². The van der Waals surface area contributed by atoms with Crippen LogP contribution in [-0.2, 0) is 0 Å². The van der Waals surface area contributed by atoms with Crippen LogP contribution in [0.4, 0.5) is 5.69 Å². The van der Waals surface area contributed by atoms with Gasteiger partial charge in [0.1, 0.15) is 0 Å². The minimum Gasteiger partial charge on any atom is -0.396 e. The Morgan fingerprint density at radius 3 is 2.88 bits per heavy atom. The van der Waals surface area contributed by atoms with Gasteiger partial charge in [-0.15, -0.1) is 0 Å². The molecule has 1 aromatic carbocycles. The molecule has 3 N–H and O–H groups in total. The highest BCUT2D eigenvalue weighted by Crippen LogP contribution is 2.29. The van der Waals surface area contributed by atoms with Crippen molar-refractivity contribution in [2.24, 2.45) is 11.7 Å². The lowest BCUT2D eigenvalue weighted by Crippen LogP contribution is -2.23. The van der Waals surface area contributed by atoms with Crippen molar-refractivity contribution in [3.05, 3.63) is 29.8 Å². The number of para-hydroxylation sites is 1. The first kappa shape index (κ1) is 11.4. The summed E-state index contributed by atoms with van der Waals surface area (Å²) in [5.41, 5.74) is 8.40. The molecule has 0 aromatic heterocycles. The summed E-state index contributed by atoms with van der Waals surface area (Å²) in [5, 5.41) is 9.16. The fourth-order valence-corrected chi connectivity index (χ4v) is 2.36. The Hall–Kier alpha value is -1.06. The van der Waals surface area contributed by atoms with Crippen LogP contribution in [0.5, 0.6) is 0 Å². The van der Waals surface area contributed by atoms with E-state index in [9.17, 15) is 0 Å². The van der Waals surface area contributed by atoms with Gasteiger partial charge in [0.25, 0.3) is 0 Å². The fraction of sp³-hybridized carbons (Fsp3) is 0.538. The summed E-state index contributed by atoms with van der Waals surface area (Å²) in [6.45, 7) is 4.27. The molecule has 0 aliphatic carbocycles. The van der Waals surface area contributed by atoms with Gasteiger partial charge in [0.05, 0.1) is 0 Å². The maximum absolute atomic E-state index is 9.16. The van der Waals surface area contributed by atoms with Gasteiger partial charge in [-0.25, -0.2) is 0 Å². The van der Waals surface area contributed by atoms with Crippen molar-refractivity contribution in [3.63, 3.8) is 0 Å². The van der Waals surface area contributed by atoms with E-state index < -0.39 is 0 Å². The van der Waals surface area contributed by atoms with E-state index >= 15 is 0 Å². The Bertz CT molecular complexity index is 352. The fourth-order valence-electron chi connectivity index (χ4n) is 2.36. The average Bonchev–Trinajstić information content (AvgIpc) is 2.77. The number of rotatable bonds is 3. The Morgan fingerprint density at radius 1 is 1.50 bits per heavy atom. The standard InChI is InChI=1S/C13H20N2O/c1-10(14)12-4-2-3-5-13(12)15-7-6-11(8-15)9-16/h2-5,10-11,16H,6-9,14H2,1H3/t10-,11?/m1/s1. The minimum absolute atomic E-state index is 0.0596. The quantitative estimate of drug-likeness (QED) is 0.812. The Kier molecular flexibility index (Phi) is 3.46. The second-order valence-corrected chi connectivity index (χ2v) is 4.63. The molecule has 1 saturated heterocycles. The predicted octanol–water partition coefficient (Wildman–Crippen LogP) is 1.52. The molecule has 2 rings (SSSR count). The average molecular weight is 220 g/mol. The van der Waals surface area contributed by atoms with Crippen LogP contribution >= 0.6 is 0 Å². The summed E-state index contributed by atoms with van der Waals surface area (Å²) >= 11 is 0. The second kappa shape index (κ2) is 4.85. The number of hydrogen-bond donors (Lipinski definition) is 2. The van der Waals surface area contributed by atoms with Crippen molar-refractivity contribution in [1.29, 1.82) is 0 Å². The number of aliphatic hydroxyl groups is 1. The molecule has 3 nitrogen and oxygen atoms in total. The molecule has 1 aromatic rings. The molecular weight excluding hydrogens is 200 g/mol. The van der Waals surface area contributed by atoms with Crippen LogP contribution in [0, 0.1) is 5.92 Å². The number of anilines is 1. The van der Waals surface area contributed by atoms with E-state index in [0.29, 0.717) is 5.92 Å². The van der Waals surface area contributed by atoms with Gasteiger partial charge >= 0.3 is 0 Å². The first-order valence-corrected chi connectivity index (χ1v) is 5.92. The summed E-state index contributed by atoms with van der Waals surface area (Å²) in [4.78, 5) is 2.33. The van der Waals surface area contributed by atoms with Gasteiger partial charge < -0.3 is 15.7 Å². The summed E-state index contributed by atoms with van der Waals surface area (Å²) < 4.78 is 0. The zero-order chi connectivity index (χ0) is 11.5. The van der Waals surface area contributed by atoms with Gasteiger partial charge in [-0.05, 0) is 25.0 Å². The van der Waals surface area contributed by atoms with E-state index in [1.54, 1.807) is 0 Å². The molecular formula is C13H20N2O. The highest BCUT2D eigenvalue weighted by atomic mass is 16.3. The van der Waals surface area contributed by atoms with Gasteiger partial charge in [0.15, 0.2) is 0 Å². The highest BCUT2D eigenvalue weighted by molar-refractivity contribution is 5.55. The van der Waals surface area contributed by atoms with Gasteiger partial charge in [-0.2, -0.15) is 0 Å². The SMILES string of the molecule is C[C@@H](N)c1ccccc1N1CCC(CO)C1. The third-order valence-electron chi connectivity index (χ3n) is 3.31. The molecule has 16 heavy (non-hydrogen) atoms. The Balaban J connectivity index is 2.20. The molecule has 3 heteroatoms. The first-order valence-electron chi connectivity index (χ1n) is 5.92. The van der Waals surface area contributed by atoms with Gasteiger partial charge in [0.2, 0.25) is 0 Å². The van der Waals surface area contributed by atoms with Crippen molar-refractivity contribution in [2.75, 3.05) is 24.6 Å². The summed E-state index contributed by atoms with van der Waals surface area (Å²) in [6, 6.07) is 8.35. The zero-order valence-electron chi connectivity index (χ0n) is 9.76.